The standard InChI is InChI=1S/C12H16N4O2/c1-3-10(17-8-1)12-15-14-11(18-12)9-16-6-2-4-13-5-7-16/h1,3,8,13H,2,4-7,9H2. The lowest BCUT2D eigenvalue weighted by molar-refractivity contribution is 0.254. The summed E-state index contributed by atoms with van der Waals surface area (Å²) in [5, 5.41) is 11.4. The average Bonchev–Trinajstić information content (AvgIpc) is 2.98. The monoisotopic (exact) mass is 248 g/mol. The van der Waals surface area contributed by atoms with Gasteiger partial charge in [0.1, 0.15) is 0 Å². The van der Waals surface area contributed by atoms with Crippen LogP contribution in [0.4, 0.5) is 0 Å². The lowest BCUT2D eigenvalue weighted by atomic mass is 10.4. The summed E-state index contributed by atoms with van der Waals surface area (Å²) >= 11 is 0. The quantitative estimate of drug-likeness (QED) is 0.878. The fourth-order valence-electron chi connectivity index (χ4n) is 2.07. The predicted octanol–water partition coefficient (Wildman–Crippen LogP) is 1.12. The molecule has 0 amide bonds. The molecule has 96 valence electrons. The van der Waals surface area contributed by atoms with E-state index in [1.54, 1.807) is 12.3 Å². The van der Waals surface area contributed by atoms with E-state index in [4.69, 9.17) is 8.83 Å². The number of furan rings is 1. The Morgan fingerprint density at radius 3 is 3.17 bits per heavy atom. The van der Waals surface area contributed by atoms with Gasteiger partial charge >= 0.3 is 0 Å². The Labute approximate surface area is 105 Å². The van der Waals surface area contributed by atoms with Gasteiger partial charge in [0.2, 0.25) is 5.89 Å². The van der Waals surface area contributed by atoms with Crippen LogP contribution in [0, 0.1) is 0 Å². The van der Waals surface area contributed by atoms with Gasteiger partial charge in [-0.05, 0) is 31.6 Å². The number of hydrogen-bond donors (Lipinski definition) is 1. The minimum Gasteiger partial charge on any atom is -0.459 e. The molecule has 0 spiro atoms. The molecule has 0 aromatic carbocycles. The first-order chi connectivity index (χ1) is 8.92. The van der Waals surface area contributed by atoms with Gasteiger partial charge in [-0.1, -0.05) is 0 Å². The van der Waals surface area contributed by atoms with E-state index >= 15 is 0 Å². The summed E-state index contributed by atoms with van der Waals surface area (Å²) in [4.78, 5) is 2.32. The molecule has 0 saturated carbocycles. The third-order valence-corrected chi connectivity index (χ3v) is 2.99. The molecule has 0 unspecified atom stereocenters. The summed E-state index contributed by atoms with van der Waals surface area (Å²) in [7, 11) is 0. The summed E-state index contributed by atoms with van der Waals surface area (Å²) in [5.41, 5.74) is 0. The molecule has 2 aromatic heterocycles. The first-order valence-electron chi connectivity index (χ1n) is 6.21. The highest BCUT2D eigenvalue weighted by Crippen LogP contribution is 2.18. The van der Waals surface area contributed by atoms with E-state index in [9.17, 15) is 0 Å². The van der Waals surface area contributed by atoms with E-state index in [1.165, 1.54) is 0 Å². The van der Waals surface area contributed by atoms with Crippen molar-refractivity contribution in [3.8, 4) is 11.7 Å². The zero-order valence-electron chi connectivity index (χ0n) is 10.1. The summed E-state index contributed by atoms with van der Waals surface area (Å²) in [5.74, 6) is 1.71. The summed E-state index contributed by atoms with van der Waals surface area (Å²) < 4.78 is 10.8. The van der Waals surface area contributed by atoms with Gasteiger partial charge in [-0.15, -0.1) is 10.2 Å². The minimum atomic E-state index is 0.447. The molecule has 0 bridgehead atoms. The van der Waals surface area contributed by atoms with Gasteiger partial charge < -0.3 is 14.2 Å². The number of rotatable bonds is 3. The maximum atomic E-state index is 5.59. The van der Waals surface area contributed by atoms with Crippen LogP contribution >= 0.6 is 0 Å². The van der Waals surface area contributed by atoms with Gasteiger partial charge in [0.15, 0.2) is 5.76 Å². The van der Waals surface area contributed by atoms with Gasteiger partial charge in [-0.25, -0.2) is 0 Å². The maximum Gasteiger partial charge on any atom is 0.283 e. The van der Waals surface area contributed by atoms with Gasteiger partial charge in [0.25, 0.3) is 5.89 Å². The van der Waals surface area contributed by atoms with Crippen LogP contribution in [0.1, 0.15) is 12.3 Å². The molecule has 0 aliphatic carbocycles. The fourth-order valence-corrected chi connectivity index (χ4v) is 2.07. The van der Waals surface area contributed by atoms with E-state index in [0.717, 1.165) is 32.6 Å². The number of nitrogens with one attached hydrogen (secondary N) is 1. The maximum absolute atomic E-state index is 5.59. The smallest absolute Gasteiger partial charge is 0.283 e. The Bertz CT molecular complexity index is 472. The second-order valence-corrected chi connectivity index (χ2v) is 4.36. The lowest BCUT2D eigenvalue weighted by Gasteiger charge is -2.16. The first kappa shape index (κ1) is 11.4. The molecule has 1 saturated heterocycles. The molecule has 18 heavy (non-hydrogen) atoms. The van der Waals surface area contributed by atoms with E-state index in [1.807, 2.05) is 6.07 Å². The van der Waals surface area contributed by atoms with Crippen LogP contribution in [0.25, 0.3) is 11.7 Å². The molecule has 1 fully saturated rings. The summed E-state index contributed by atoms with van der Waals surface area (Å²) in [6.45, 7) is 4.87. The number of nitrogens with zero attached hydrogens (tertiary/aromatic N) is 3. The van der Waals surface area contributed by atoms with Gasteiger partial charge in [-0.3, -0.25) is 4.90 Å². The second-order valence-electron chi connectivity index (χ2n) is 4.36. The van der Waals surface area contributed by atoms with Gasteiger partial charge in [0, 0.05) is 13.1 Å². The van der Waals surface area contributed by atoms with Crippen molar-refractivity contribution in [2.24, 2.45) is 0 Å². The normalized spacial score (nSPS) is 17.8. The average molecular weight is 248 g/mol. The third-order valence-electron chi connectivity index (χ3n) is 2.99. The van der Waals surface area contributed by atoms with Crippen LogP contribution in [0.3, 0.4) is 0 Å². The van der Waals surface area contributed by atoms with E-state index in [2.05, 4.69) is 20.4 Å². The van der Waals surface area contributed by atoms with E-state index < -0.39 is 0 Å². The van der Waals surface area contributed by atoms with Crippen LogP contribution in [0.15, 0.2) is 27.2 Å². The molecule has 3 heterocycles. The van der Waals surface area contributed by atoms with E-state index in [0.29, 0.717) is 24.1 Å². The molecule has 0 atom stereocenters. The highest BCUT2D eigenvalue weighted by Gasteiger charge is 2.15. The number of aromatic nitrogens is 2. The summed E-state index contributed by atoms with van der Waals surface area (Å²) in [6.07, 6.45) is 2.75. The highest BCUT2D eigenvalue weighted by molar-refractivity contribution is 5.42. The zero-order chi connectivity index (χ0) is 12.2. The molecule has 0 radical (unpaired) electrons. The lowest BCUT2D eigenvalue weighted by Crippen LogP contribution is -2.27. The molecule has 1 aliphatic rings. The Hall–Kier alpha value is -1.66. The van der Waals surface area contributed by atoms with Crippen LogP contribution in [0.2, 0.25) is 0 Å². The van der Waals surface area contributed by atoms with Crippen molar-refractivity contribution in [3.63, 3.8) is 0 Å². The Kier molecular flexibility index (Phi) is 3.38. The van der Waals surface area contributed by atoms with Crippen molar-refractivity contribution >= 4 is 0 Å². The van der Waals surface area contributed by atoms with Crippen molar-refractivity contribution < 1.29 is 8.83 Å². The van der Waals surface area contributed by atoms with Crippen molar-refractivity contribution in [2.45, 2.75) is 13.0 Å². The third kappa shape index (κ3) is 2.60. The molecule has 1 N–H and O–H groups in total. The highest BCUT2D eigenvalue weighted by atomic mass is 16.4. The Morgan fingerprint density at radius 1 is 1.28 bits per heavy atom. The Balaban J connectivity index is 1.66. The molecule has 1 aliphatic heterocycles. The van der Waals surface area contributed by atoms with Crippen molar-refractivity contribution in [1.82, 2.24) is 20.4 Å². The van der Waals surface area contributed by atoms with Crippen LogP contribution in [-0.4, -0.2) is 41.3 Å². The van der Waals surface area contributed by atoms with Crippen LogP contribution in [-0.2, 0) is 6.54 Å². The zero-order valence-corrected chi connectivity index (χ0v) is 10.1. The second kappa shape index (κ2) is 5.32. The van der Waals surface area contributed by atoms with Crippen molar-refractivity contribution in [2.75, 3.05) is 26.2 Å². The van der Waals surface area contributed by atoms with Crippen LogP contribution in [0.5, 0.6) is 0 Å². The van der Waals surface area contributed by atoms with Gasteiger partial charge in [-0.2, -0.15) is 0 Å². The molecular formula is C12H16N4O2. The molecule has 2 aromatic rings. The SMILES string of the molecule is c1coc(-c2nnc(CN3CCCNCC3)o2)c1. The molecule has 6 nitrogen and oxygen atoms in total. The predicted molar refractivity (Wildman–Crippen MR) is 64.8 cm³/mol. The Morgan fingerprint density at radius 2 is 2.28 bits per heavy atom. The van der Waals surface area contributed by atoms with E-state index in [-0.39, 0.29) is 0 Å². The van der Waals surface area contributed by atoms with Crippen LogP contribution < -0.4 is 5.32 Å². The summed E-state index contributed by atoms with van der Waals surface area (Å²) in [6, 6.07) is 3.62. The minimum absolute atomic E-state index is 0.447. The molecular weight excluding hydrogens is 232 g/mol. The first-order valence-corrected chi connectivity index (χ1v) is 6.21. The topological polar surface area (TPSA) is 67.3 Å². The molecule has 3 rings (SSSR count). The number of hydrogen-bond acceptors (Lipinski definition) is 6. The van der Waals surface area contributed by atoms with Crippen molar-refractivity contribution in [1.29, 1.82) is 0 Å². The van der Waals surface area contributed by atoms with Gasteiger partial charge in [0.05, 0.1) is 12.8 Å². The van der Waals surface area contributed by atoms with Crippen molar-refractivity contribution in [3.05, 3.63) is 24.3 Å². The largest absolute Gasteiger partial charge is 0.459 e. The fraction of sp³-hybridized carbons (Fsp3) is 0.500. The molecule has 6 heteroatoms.